The van der Waals surface area contributed by atoms with Crippen LogP contribution in [-0.2, 0) is 14.8 Å². The molecule has 8 nitrogen and oxygen atoms in total. The van der Waals surface area contributed by atoms with Crippen LogP contribution in [0.4, 0.5) is 14.5 Å². The summed E-state index contributed by atoms with van der Waals surface area (Å²) in [5.41, 5.74) is 0.521. The van der Waals surface area contributed by atoms with Crippen LogP contribution in [0.15, 0.2) is 53.4 Å². The number of halogens is 2. The van der Waals surface area contributed by atoms with E-state index in [1.165, 1.54) is 41.3 Å². The number of hydrogen-bond donors (Lipinski definition) is 0. The molecule has 3 rings (SSSR count). The molecule has 1 amide bonds. The maximum Gasteiger partial charge on any atom is 0.269 e. The van der Waals surface area contributed by atoms with E-state index in [4.69, 9.17) is 0 Å². The number of rotatable bonds is 5. The van der Waals surface area contributed by atoms with Crippen molar-refractivity contribution in [2.75, 3.05) is 26.2 Å². The van der Waals surface area contributed by atoms with Crippen molar-refractivity contribution >= 4 is 27.7 Å². The quantitative estimate of drug-likeness (QED) is 0.406. The molecule has 30 heavy (non-hydrogen) atoms. The number of sulfonamides is 1. The highest BCUT2D eigenvalue weighted by Crippen LogP contribution is 2.23. The van der Waals surface area contributed by atoms with Gasteiger partial charge in [0.25, 0.3) is 5.69 Å². The summed E-state index contributed by atoms with van der Waals surface area (Å²) < 4.78 is 53.8. The van der Waals surface area contributed by atoms with E-state index >= 15 is 0 Å². The van der Waals surface area contributed by atoms with Gasteiger partial charge in [-0.25, -0.2) is 17.2 Å². The molecule has 1 fully saturated rings. The number of piperazine rings is 1. The molecule has 0 unspecified atom stereocenters. The van der Waals surface area contributed by atoms with Gasteiger partial charge in [-0.3, -0.25) is 14.9 Å². The number of amides is 1. The van der Waals surface area contributed by atoms with Gasteiger partial charge in [-0.05, 0) is 35.9 Å². The Hall–Kier alpha value is -3.18. The van der Waals surface area contributed by atoms with Crippen LogP contribution in [-0.4, -0.2) is 54.6 Å². The fraction of sp³-hybridized carbons (Fsp3) is 0.211. The van der Waals surface area contributed by atoms with Crippen LogP contribution in [0, 0.1) is 21.7 Å². The van der Waals surface area contributed by atoms with Crippen LogP contribution in [0.1, 0.15) is 5.56 Å². The third-order valence-electron chi connectivity index (χ3n) is 4.59. The first-order valence-corrected chi connectivity index (χ1v) is 10.3. The van der Waals surface area contributed by atoms with Crippen molar-refractivity contribution in [2.24, 2.45) is 0 Å². The van der Waals surface area contributed by atoms with Crippen LogP contribution in [0.2, 0.25) is 0 Å². The third-order valence-corrected chi connectivity index (χ3v) is 6.54. The summed E-state index contributed by atoms with van der Waals surface area (Å²) >= 11 is 0. The molecule has 0 N–H and O–H groups in total. The van der Waals surface area contributed by atoms with Crippen LogP contribution < -0.4 is 0 Å². The lowest BCUT2D eigenvalue weighted by Crippen LogP contribution is -2.50. The van der Waals surface area contributed by atoms with E-state index in [2.05, 4.69) is 0 Å². The van der Waals surface area contributed by atoms with E-state index in [-0.39, 0.29) is 37.8 Å². The Morgan fingerprint density at radius 3 is 2.10 bits per heavy atom. The Bertz CT molecular complexity index is 1080. The highest BCUT2D eigenvalue weighted by Gasteiger charge is 2.33. The lowest BCUT2D eigenvalue weighted by molar-refractivity contribution is -0.384. The molecule has 1 aliphatic heterocycles. The average Bonchev–Trinajstić information content (AvgIpc) is 2.72. The molecule has 158 valence electrons. The molecule has 0 bridgehead atoms. The Kier molecular flexibility index (Phi) is 6.22. The molecule has 1 saturated heterocycles. The fourth-order valence-corrected chi connectivity index (χ4v) is 4.52. The summed E-state index contributed by atoms with van der Waals surface area (Å²) in [6, 6.07) is 8.45. The second-order valence-corrected chi connectivity index (χ2v) is 8.34. The van der Waals surface area contributed by atoms with Gasteiger partial charge in [0, 0.05) is 44.4 Å². The van der Waals surface area contributed by atoms with Crippen molar-refractivity contribution in [3.63, 3.8) is 0 Å². The van der Waals surface area contributed by atoms with Crippen LogP contribution in [0.5, 0.6) is 0 Å². The van der Waals surface area contributed by atoms with E-state index < -0.39 is 31.5 Å². The predicted octanol–water partition coefficient (Wildman–Crippen LogP) is 2.42. The van der Waals surface area contributed by atoms with Gasteiger partial charge in [0.05, 0.1) is 4.92 Å². The highest BCUT2D eigenvalue weighted by molar-refractivity contribution is 7.89. The summed E-state index contributed by atoms with van der Waals surface area (Å²) in [7, 11) is -4.37. The topological polar surface area (TPSA) is 101 Å². The highest BCUT2D eigenvalue weighted by atomic mass is 32.2. The monoisotopic (exact) mass is 437 g/mol. The van der Waals surface area contributed by atoms with Crippen molar-refractivity contribution in [2.45, 2.75) is 4.90 Å². The van der Waals surface area contributed by atoms with Crippen molar-refractivity contribution in [3.8, 4) is 0 Å². The van der Waals surface area contributed by atoms with Crippen molar-refractivity contribution in [1.29, 1.82) is 0 Å². The molecule has 0 aliphatic carbocycles. The molecule has 2 aromatic carbocycles. The van der Waals surface area contributed by atoms with Crippen LogP contribution in [0.3, 0.4) is 0 Å². The predicted molar refractivity (Wildman–Crippen MR) is 104 cm³/mol. The normalized spacial score (nSPS) is 15.5. The summed E-state index contributed by atoms with van der Waals surface area (Å²) in [5, 5.41) is 10.6. The zero-order valence-corrected chi connectivity index (χ0v) is 16.4. The minimum Gasteiger partial charge on any atom is -0.337 e. The molecular formula is C19H17F2N3O5S. The van der Waals surface area contributed by atoms with Crippen LogP contribution >= 0.6 is 0 Å². The van der Waals surface area contributed by atoms with Gasteiger partial charge in [0.15, 0.2) is 4.90 Å². The van der Waals surface area contributed by atoms with Gasteiger partial charge in [0.2, 0.25) is 15.9 Å². The molecule has 0 aromatic heterocycles. The number of nitro groups is 1. The molecular weight excluding hydrogens is 420 g/mol. The third kappa shape index (κ3) is 4.52. The molecule has 0 saturated carbocycles. The number of non-ortho nitro benzene ring substituents is 1. The summed E-state index contributed by atoms with van der Waals surface area (Å²) in [4.78, 5) is 22.9. The standard InChI is InChI=1S/C19H17F2N3O5S/c20-16-2-1-3-17(21)19(16)30(28,29)23-12-10-22(11-13-23)18(25)9-6-14-4-7-15(8-5-14)24(26)27/h1-9H,10-13H2/b9-6+. The molecule has 2 aromatic rings. The second kappa shape index (κ2) is 8.67. The smallest absolute Gasteiger partial charge is 0.269 e. The Labute approximate surface area is 171 Å². The fourth-order valence-electron chi connectivity index (χ4n) is 2.99. The van der Waals surface area contributed by atoms with E-state index in [9.17, 15) is 32.1 Å². The minimum atomic E-state index is -4.37. The summed E-state index contributed by atoms with van der Waals surface area (Å²) in [5.74, 6) is -2.71. The summed E-state index contributed by atoms with van der Waals surface area (Å²) in [6.45, 7) is -0.0993. The number of nitrogens with zero attached hydrogens (tertiary/aromatic N) is 3. The average molecular weight is 437 g/mol. The first-order valence-electron chi connectivity index (χ1n) is 8.86. The first-order chi connectivity index (χ1) is 14.2. The SMILES string of the molecule is O=C(/C=C/c1ccc([N+](=O)[O-])cc1)N1CCN(S(=O)(=O)c2c(F)cccc2F)CC1. The van der Waals surface area contributed by atoms with Gasteiger partial charge in [-0.2, -0.15) is 4.31 Å². The molecule has 0 radical (unpaired) electrons. The first kappa shape index (κ1) is 21.5. The van der Waals surface area contributed by atoms with Gasteiger partial charge in [-0.1, -0.05) is 6.07 Å². The lowest BCUT2D eigenvalue weighted by atomic mass is 10.2. The van der Waals surface area contributed by atoms with Gasteiger partial charge in [-0.15, -0.1) is 0 Å². The van der Waals surface area contributed by atoms with E-state index in [0.29, 0.717) is 5.56 Å². The second-order valence-electron chi connectivity index (χ2n) is 6.46. The van der Waals surface area contributed by atoms with Gasteiger partial charge in [0.1, 0.15) is 11.6 Å². The summed E-state index contributed by atoms with van der Waals surface area (Å²) in [6.07, 6.45) is 2.77. The van der Waals surface area contributed by atoms with Crippen molar-refractivity contribution < 1.29 is 26.9 Å². The molecule has 0 atom stereocenters. The van der Waals surface area contributed by atoms with Gasteiger partial charge >= 0.3 is 0 Å². The van der Waals surface area contributed by atoms with E-state index in [0.717, 1.165) is 22.5 Å². The lowest BCUT2D eigenvalue weighted by Gasteiger charge is -2.33. The van der Waals surface area contributed by atoms with E-state index in [1.807, 2.05) is 0 Å². The Morgan fingerprint density at radius 2 is 1.57 bits per heavy atom. The number of carbonyl (C=O) groups excluding carboxylic acids is 1. The maximum atomic E-state index is 13.9. The molecule has 1 heterocycles. The number of hydrogen-bond acceptors (Lipinski definition) is 5. The van der Waals surface area contributed by atoms with E-state index in [1.54, 1.807) is 0 Å². The van der Waals surface area contributed by atoms with Crippen molar-refractivity contribution in [1.82, 2.24) is 9.21 Å². The Balaban J connectivity index is 1.63. The maximum absolute atomic E-state index is 13.9. The van der Waals surface area contributed by atoms with Crippen LogP contribution in [0.25, 0.3) is 6.08 Å². The number of nitro benzene ring substituents is 1. The molecule has 0 spiro atoms. The number of carbonyl (C=O) groups is 1. The molecule has 11 heteroatoms. The van der Waals surface area contributed by atoms with Crippen molar-refractivity contribution in [3.05, 3.63) is 75.9 Å². The zero-order valence-electron chi connectivity index (χ0n) is 15.6. The number of benzene rings is 2. The minimum absolute atomic E-state index is 0.0543. The Morgan fingerprint density at radius 1 is 1.00 bits per heavy atom. The van der Waals surface area contributed by atoms with Gasteiger partial charge < -0.3 is 4.90 Å². The largest absolute Gasteiger partial charge is 0.337 e. The zero-order chi connectivity index (χ0) is 21.9. The molecule has 1 aliphatic rings.